The normalized spacial score (nSPS) is 10.8. The summed E-state index contributed by atoms with van der Waals surface area (Å²) in [4.78, 5) is 2.25. The van der Waals surface area contributed by atoms with Gasteiger partial charge in [0, 0.05) is 6.54 Å². The number of likely N-dealkylation sites (N-methyl/N-ethyl adjacent to an activating group) is 1. The Labute approximate surface area is 62.6 Å². The van der Waals surface area contributed by atoms with Crippen molar-refractivity contribution < 1.29 is 9.84 Å². The van der Waals surface area contributed by atoms with Gasteiger partial charge in [-0.15, -0.1) is 0 Å². The molecule has 62 valence electrons. The molecule has 0 rings (SSSR count). The zero-order chi connectivity index (χ0) is 7.82. The molecule has 0 amide bonds. The van der Waals surface area contributed by atoms with E-state index in [2.05, 4.69) is 18.7 Å². The number of hydrogen-bond donors (Lipinski definition) is 1. The minimum absolute atomic E-state index is 0.165. The summed E-state index contributed by atoms with van der Waals surface area (Å²) in [6, 6.07) is 0. The molecule has 0 aliphatic carbocycles. The summed E-state index contributed by atoms with van der Waals surface area (Å²) >= 11 is 0. The van der Waals surface area contributed by atoms with Crippen LogP contribution in [0.1, 0.15) is 13.8 Å². The van der Waals surface area contributed by atoms with E-state index < -0.39 is 0 Å². The zero-order valence-corrected chi connectivity index (χ0v) is 6.84. The SMILES string of the molecule is CCN(CC)CCOCO. The summed E-state index contributed by atoms with van der Waals surface area (Å²) in [5.41, 5.74) is 0. The van der Waals surface area contributed by atoms with Gasteiger partial charge in [-0.05, 0) is 13.1 Å². The zero-order valence-electron chi connectivity index (χ0n) is 6.84. The van der Waals surface area contributed by atoms with Gasteiger partial charge in [-0.25, -0.2) is 0 Å². The van der Waals surface area contributed by atoms with E-state index in [4.69, 9.17) is 9.84 Å². The first-order valence-corrected chi connectivity index (χ1v) is 3.76. The molecule has 0 saturated heterocycles. The molecule has 3 heteroatoms. The van der Waals surface area contributed by atoms with E-state index >= 15 is 0 Å². The second-order valence-electron chi connectivity index (χ2n) is 2.06. The molecule has 0 aromatic heterocycles. The summed E-state index contributed by atoms with van der Waals surface area (Å²) in [6.07, 6.45) is 0. The van der Waals surface area contributed by atoms with Crippen LogP contribution >= 0.6 is 0 Å². The van der Waals surface area contributed by atoms with E-state index in [1.54, 1.807) is 0 Å². The minimum Gasteiger partial charge on any atom is -0.371 e. The molecule has 0 heterocycles. The van der Waals surface area contributed by atoms with Crippen molar-refractivity contribution in [3.63, 3.8) is 0 Å². The summed E-state index contributed by atoms with van der Waals surface area (Å²) in [5, 5.41) is 8.28. The highest BCUT2D eigenvalue weighted by Crippen LogP contribution is 1.85. The van der Waals surface area contributed by atoms with E-state index in [9.17, 15) is 0 Å². The molecule has 0 unspecified atom stereocenters. The van der Waals surface area contributed by atoms with Crippen LogP contribution in [0.4, 0.5) is 0 Å². The smallest absolute Gasteiger partial charge is 0.143 e. The first kappa shape index (κ1) is 9.88. The lowest BCUT2D eigenvalue weighted by Crippen LogP contribution is -2.27. The third-order valence-electron chi connectivity index (χ3n) is 1.54. The average Bonchev–Trinajstić information content (AvgIpc) is 1.99. The van der Waals surface area contributed by atoms with E-state index in [-0.39, 0.29) is 6.79 Å². The minimum atomic E-state index is -0.165. The first-order valence-electron chi connectivity index (χ1n) is 3.76. The Morgan fingerprint density at radius 3 is 2.30 bits per heavy atom. The Hall–Kier alpha value is -0.120. The van der Waals surface area contributed by atoms with Gasteiger partial charge >= 0.3 is 0 Å². The van der Waals surface area contributed by atoms with Crippen LogP contribution < -0.4 is 0 Å². The van der Waals surface area contributed by atoms with Crippen molar-refractivity contribution in [2.24, 2.45) is 0 Å². The second kappa shape index (κ2) is 6.99. The average molecular weight is 147 g/mol. The largest absolute Gasteiger partial charge is 0.371 e. The van der Waals surface area contributed by atoms with Crippen molar-refractivity contribution in [2.45, 2.75) is 13.8 Å². The fraction of sp³-hybridized carbons (Fsp3) is 1.00. The van der Waals surface area contributed by atoms with Crippen LogP contribution in [0.2, 0.25) is 0 Å². The molecule has 0 fully saturated rings. The lowest BCUT2D eigenvalue weighted by Gasteiger charge is -2.16. The lowest BCUT2D eigenvalue weighted by molar-refractivity contribution is -0.00906. The summed E-state index contributed by atoms with van der Waals surface area (Å²) < 4.78 is 4.78. The molecule has 0 aromatic carbocycles. The second-order valence-corrected chi connectivity index (χ2v) is 2.06. The van der Waals surface area contributed by atoms with Gasteiger partial charge in [0.1, 0.15) is 6.79 Å². The standard InChI is InChI=1S/C7H17NO2/c1-3-8(4-2)5-6-10-7-9/h9H,3-7H2,1-2H3. The van der Waals surface area contributed by atoms with Crippen LogP contribution in [-0.4, -0.2) is 43.0 Å². The van der Waals surface area contributed by atoms with E-state index in [1.165, 1.54) is 0 Å². The molecule has 0 spiro atoms. The van der Waals surface area contributed by atoms with Gasteiger partial charge in [-0.3, -0.25) is 0 Å². The van der Waals surface area contributed by atoms with Gasteiger partial charge in [-0.1, -0.05) is 13.8 Å². The molecule has 0 aliphatic heterocycles. The Morgan fingerprint density at radius 1 is 1.30 bits per heavy atom. The topological polar surface area (TPSA) is 32.7 Å². The lowest BCUT2D eigenvalue weighted by atomic mass is 10.5. The van der Waals surface area contributed by atoms with Crippen LogP contribution in [0.25, 0.3) is 0 Å². The monoisotopic (exact) mass is 147 g/mol. The van der Waals surface area contributed by atoms with Crippen LogP contribution in [0.3, 0.4) is 0 Å². The molecule has 3 nitrogen and oxygen atoms in total. The van der Waals surface area contributed by atoms with E-state index in [1.807, 2.05) is 0 Å². The van der Waals surface area contributed by atoms with Gasteiger partial charge < -0.3 is 14.7 Å². The third-order valence-corrected chi connectivity index (χ3v) is 1.54. The van der Waals surface area contributed by atoms with Crippen molar-refractivity contribution in [3.8, 4) is 0 Å². The molecule has 0 bridgehead atoms. The van der Waals surface area contributed by atoms with Crippen molar-refractivity contribution in [1.82, 2.24) is 4.90 Å². The Kier molecular flexibility index (Phi) is 6.91. The van der Waals surface area contributed by atoms with Gasteiger partial charge in [0.2, 0.25) is 0 Å². The molecule has 0 aliphatic rings. The summed E-state index contributed by atoms with van der Waals surface area (Å²) in [5.74, 6) is 0. The molecule has 10 heavy (non-hydrogen) atoms. The van der Waals surface area contributed by atoms with Gasteiger partial charge in [0.25, 0.3) is 0 Å². The summed E-state index contributed by atoms with van der Waals surface area (Å²) in [6.45, 7) is 7.69. The highest BCUT2D eigenvalue weighted by atomic mass is 16.6. The third kappa shape index (κ3) is 4.73. The van der Waals surface area contributed by atoms with Crippen LogP contribution in [-0.2, 0) is 4.74 Å². The highest BCUT2D eigenvalue weighted by Gasteiger charge is 1.96. The van der Waals surface area contributed by atoms with Gasteiger partial charge in [0.15, 0.2) is 0 Å². The molecular weight excluding hydrogens is 130 g/mol. The maximum atomic E-state index is 8.28. The van der Waals surface area contributed by atoms with E-state index in [0.29, 0.717) is 6.61 Å². The van der Waals surface area contributed by atoms with Gasteiger partial charge in [-0.2, -0.15) is 0 Å². The van der Waals surface area contributed by atoms with E-state index in [0.717, 1.165) is 19.6 Å². The highest BCUT2D eigenvalue weighted by molar-refractivity contribution is 4.49. The predicted octanol–water partition coefficient (Wildman–Crippen LogP) is 0.295. The van der Waals surface area contributed by atoms with Crippen LogP contribution in [0.5, 0.6) is 0 Å². The predicted molar refractivity (Wildman–Crippen MR) is 40.8 cm³/mol. The Morgan fingerprint density at radius 2 is 1.90 bits per heavy atom. The number of aliphatic hydroxyl groups excluding tert-OH is 1. The number of rotatable bonds is 6. The Balaban J connectivity index is 3.09. The fourth-order valence-electron chi connectivity index (χ4n) is 0.798. The molecule has 0 atom stereocenters. The van der Waals surface area contributed by atoms with Crippen molar-refractivity contribution in [3.05, 3.63) is 0 Å². The Bertz CT molecular complexity index is 64.6. The summed E-state index contributed by atoms with van der Waals surface area (Å²) in [7, 11) is 0. The van der Waals surface area contributed by atoms with Crippen molar-refractivity contribution in [2.75, 3.05) is 33.0 Å². The van der Waals surface area contributed by atoms with Gasteiger partial charge in [0.05, 0.1) is 6.61 Å². The van der Waals surface area contributed by atoms with Crippen LogP contribution in [0, 0.1) is 0 Å². The van der Waals surface area contributed by atoms with Crippen molar-refractivity contribution in [1.29, 1.82) is 0 Å². The first-order chi connectivity index (χ1) is 4.85. The van der Waals surface area contributed by atoms with Crippen LogP contribution in [0.15, 0.2) is 0 Å². The number of nitrogens with zero attached hydrogens (tertiary/aromatic N) is 1. The number of ether oxygens (including phenoxy) is 1. The molecule has 0 saturated carbocycles. The number of aliphatic hydroxyl groups is 1. The maximum Gasteiger partial charge on any atom is 0.143 e. The fourth-order valence-corrected chi connectivity index (χ4v) is 0.798. The molecule has 0 radical (unpaired) electrons. The molecule has 1 N–H and O–H groups in total. The quantitative estimate of drug-likeness (QED) is 0.433. The molecule has 0 aromatic rings. The maximum absolute atomic E-state index is 8.28. The molecular formula is C7H17NO2. The van der Waals surface area contributed by atoms with Crippen molar-refractivity contribution >= 4 is 0 Å². The number of hydrogen-bond acceptors (Lipinski definition) is 3.